The van der Waals surface area contributed by atoms with Gasteiger partial charge in [-0.15, -0.1) is 11.3 Å². The number of hydrogen-bond acceptors (Lipinski definition) is 8. The van der Waals surface area contributed by atoms with Crippen molar-refractivity contribution in [3.63, 3.8) is 0 Å². The molecule has 3 aromatic rings. The molecule has 0 radical (unpaired) electrons. The average molecular weight is 407 g/mol. The van der Waals surface area contributed by atoms with Gasteiger partial charge < -0.3 is 25.0 Å². The summed E-state index contributed by atoms with van der Waals surface area (Å²) in [6.07, 6.45) is 1.44. The standard InChI is InChI=1S/C20H13N3O5S/c21-7-12(8-22-13-2-3-16(24)14(6-13)20(25)26)19-23-15(9-29-19)11-1-4-17-18(5-11)28-10-27-17/h1-6,8-9,22,24H,10H2,(H,25,26)/b12-8+. The van der Waals surface area contributed by atoms with Crippen LogP contribution in [0.3, 0.4) is 0 Å². The van der Waals surface area contributed by atoms with E-state index < -0.39 is 5.97 Å². The van der Waals surface area contributed by atoms with Gasteiger partial charge in [0.1, 0.15) is 28.0 Å². The number of phenols is 1. The summed E-state index contributed by atoms with van der Waals surface area (Å²) < 4.78 is 10.7. The van der Waals surface area contributed by atoms with Crippen LogP contribution in [-0.4, -0.2) is 28.0 Å². The number of rotatable bonds is 5. The lowest BCUT2D eigenvalue weighted by molar-refractivity contribution is 0.0694. The predicted octanol–water partition coefficient (Wildman–Crippen LogP) is 3.92. The smallest absolute Gasteiger partial charge is 0.339 e. The molecule has 2 heterocycles. The SMILES string of the molecule is N#C/C(=C\Nc1ccc(O)c(C(=O)O)c1)c1nc(-c2ccc3c(c2)OCO3)cs1. The van der Waals surface area contributed by atoms with Crippen molar-refractivity contribution < 1.29 is 24.5 Å². The van der Waals surface area contributed by atoms with Crippen LogP contribution < -0.4 is 14.8 Å². The molecule has 1 aliphatic rings. The van der Waals surface area contributed by atoms with Gasteiger partial charge in [0.2, 0.25) is 6.79 Å². The highest BCUT2D eigenvalue weighted by molar-refractivity contribution is 7.11. The summed E-state index contributed by atoms with van der Waals surface area (Å²) in [5.74, 6) is -0.248. The van der Waals surface area contributed by atoms with Crippen LogP contribution in [0.2, 0.25) is 0 Å². The van der Waals surface area contributed by atoms with Crippen molar-refractivity contribution in [1.82, 2.24) is 4.98 Å². The van der Waals surface area contributed by atoms with Crippen molar-refractivity contribution in [3.05, 3.63) is 58.5 Å². The second kappa shape index (κ2) is 7.53. The first-order valence-electron chi connectivity index (χ1n) is 8.34. The summed E-state index contributed by atoms with van der Waals surface area (Å²) in [7, 11) is 0. The number of anilines is 1. The minimum absolute atomic E-state index is 0.189. The fourth-order valence-corrected chi connectivity index (χ4v) is 3.47. The average Bonchev–Trinajstić information content (AvgIpc) is 3.38. The number of thiazole rings is 1. The Labute approximate surface area is 168 Å². The lowest BCUT2D eigenvalue weighted by Gasteiger charge is -2.05. The molecule has 0 bridgehead atoms. The van der Waals surface area contributed by atoms with Gasteiger partial charge in [0.25, 0.3) is 0 Å². The second-order valence-electron chi connectivity index (χ2n) is 5.96. The molecule has 1 aliphatic heterocycles. The molecule has 0 amide bonds. The zero-order valence-corrected chi connectivity index (χ0v) is 15.6. The van der Waals surface area contributed by atoms with Gasteiger partial charge in [-0.3, -0.25) is 0 Å². The predicted molar refractivity (Wildman–Crippen MR) is 106 cm³/mol. The largest absolute Gasteiger partial charge is 0.507 e. The summed E-state index contributed by atoms with van der Waals surface area (Å²) in [4.78, 5) is 15.6. The summed E-state index contributed by atoms with van der Waals surface area (Å²) in [5.41, 5.74) is 2.00. The maximum Gasteiger partial charge on any atom is 0.339 e. The van der Waals surface area contributed by atoms with E-state index in [1.165, 1.54) is 35.7 Å². The third-order valence-corrected chi connectivity index (χ3v) is 5.01. The van der Waals surface area contributed by atoms with Crippen molar-refractivity contribution in [2.45, 2.75) is 0 Å². The molecule has 0 spiro atoms. The van der Waals surface area contributed by atoms with Crippen LogP contribution in [0.15, 0.2) is 48.0 Å². The van der Waals surface area contributed by atoms with Crippen LogP contribution in [0.5, 0.6) is 17.2 Å². The maximum atomic E-state index is 11.1. The molecule has 4 rings (SSSR count). The number of ether oxygens (including phenoxy) is 2. The van der Waals surface area contributed by atoms with E-state index in [1.54, 1.807) is 0 Å². The third-order valence-electron chi connectivity index (χ3n) is 4.13. The topological polar surface area (TPSA) is 125 Å². The van der Waals surface area contributed by atoms with Crippen LogP contribution in [0.25, 0.3) is 16.8 Å². The number of nitrogens with one attached hydrogen (secondary N) is 1. The van der Waals surface area contributed by atoms with E-state index >= 15 is 0 Å². The molecule has 0 atom stereocenters. The molecular weight excluding hydrogens is 394 g/mol. The van der Waals surface area contributed by atoms with Gasteiger partial charge in [-0.25, -0.2) is 9.78 Å². The summed E-state index contributed by atoms with van der Waals surface area (Å²) in [6.45, 7) is 0.189. The van der Waals surface area contributed by atoms with Crippen LogP contribution in [0, 0.1) is 11.3 Å². The highest BCUT2D eigenvalue weighted by Gasteiger charge is 2.16. The van der Waals surface area contributed by atoms with E-state index in [2.05, 4.69) is 16.4 Å². The lowest BCUT2D eigenvalue weighted by atomic mass is 10.1. The molecule has 8 nitrogen and oxygen atoms in total. The highest BCUT2D eigenvalue weighted by atomic mass is 32.1. The first-order chi connectivity index (χ1) is 14.0. The van der Waals surface area contributed by atoms with Gasteiger partial charge in [0.05, 0.1) is 5.69 Å². The number of allylic oxidation sites excluding steroid dienone is 1. The Balaban J connectivity index is 1.57. The summed E-state index contributed by atoms with van der Waals surface area (Å²) >= 11 is 1.31. The van der Waals surface area contributed by atoms with Crippen molar-refractivity contribution in [2.75, 3.05) is 12.1 Å². The highest BCUT2D eigenvalue weighted by Crippen LogP contribution is 2.36. The molecular formula is C20H13N3O5S. The van der Waals surface area contributed by atoms with E-state index in [9.17, 15) is 15.2 Å². The van der Waals surface area contributed by atoms with Gasteiger partial charge in [-0.2, -0.15) is 5.26 Å². The first kappa shape index (κ1) is 18.3. The number of carbonyl (C=O) groups is 1. The van der Waals surface area contributed by atoms with Gasteiger partial charge in [0, 0.05) is 22.8 Å². The maximum absolute atomic E-state index is 11.1. The molecule has 3 N–H and O–H groups in total. The van der Waals surface area contributed by atoms with Gasteiger partial charge in [0.15, 0.2) is 11.5 Å². The molecule has 0 unspecified atom stereocenters. The van der Waals surface area contributed by atoms with Crippen molar-refractivity contribution in [2.24, 2.45) is 0 Å². The number of nitrogens with zero attached hydrogens (tertiary/aromatic N) is 2. The van der Waals surface area contributed by atoms with E-state index in [0.29, 0.717) is 27.9 Å². The normalized spacial score (nSPS) is 12.4. The number of carboxylic acid groups (broad SMARTS) is 1. The first-order valence-corrected chi connectivity index (χ1v) is 9.22. The summed E-state index contributed by atoms with van der Waals surface area (Å²) in [6, 6.07) is 11.6. The molecule has 29 heavy (non-hydrogen) atoms. The Hall–Kier alpha value is -4.03. The molecule has 0 saturated carbocycles. The van der Waals surface area contributed by atoms with E-state index in [-0.39, 0.29) is 23.7 Å². The number of nitriles is 1. The molecule has 144 valence electrons. The molecule has 9 heteroatoms. The number of carboxylic acids is 1. The quantitative estimate of drug-likeness (QED) is 0.429. The van der Waals surface area contributed by atoms with Crippen molar-refractivity contribution in [1.29, 1.82) is 5.26 Å². The minimum Gasteiger partial charge on any atom is -0.507 e. The number of hydrogen-bond donors (Lipinski definition) is 3. The molecule has 0 saturated heterocycles. The van der Waals surface area contributed by atoms with Crippen LogP contribution in [0.4, 0.5) is 5.69 Å². The molecule has 2 aromatic carbocycles. The molecule has 0 aliphatic carbocycles. The second-order valence-corrected chi connectivity index (χ2v) is 6.82. The van der Waals surface area contributed by atoms with Crippen molar-refractivity contribution in [3.8, 4) is 34.6 Å². The van der Waals surface area contributed by atoms with Crippen LogP contribution in [-0.2, 0) is 0 Å². The number of aromatic nitrogens is 1. The Morgan fingerprint density at radius 3 is 2.86 bits per heavy atom. The minimum atomic E-state index is -1.25. The van der Waals surface area contributed by atoms with E-state index in [0.717, 1.165) is 5.56 Å². The molecule has 1 aromatic heterocycles. The fourth-order valence-electron chi connectivity index (χ4n) is 2.68. The third kappa shape index (κ3) is 3.69. The Bertz CT molecular complexity index is 1180. The van der Waals surface area contributed by atoms with Crippen LogP contribution >= 0.6 is 11.3 Å². The van der Waals surface area contributed by atoms with Gasteiger partial charge >= 0.3 is 5.97 Å². The zero-order valence-electron chi connectivity index (χ0n) is 14.7. The Kier molecular flexibility index (Phi) is 4.76. The van der Waals surface area contributed by atoms with Crippen molar-refractivity contribution >= 4 is 28.6 Å². The number of benzene rings is 2. The number of aromatic carboxylic acids is 1. The Morgan fingerprint density at radius 2 is 2.07 bits per heavy atom. The Morgan fingerprint density at radius 1 is 1.24 bits per heavy atom. The summed E-state index contributed by atoms with van der Waals surface area (Å²) in [5, 5.41) is 33.4. The number of aromatic hydroxyl groups is 1. The monoisotopic (exact) mass is 407 g/mol. The van der Waals surface area contributed by atoms with Gasteiger partial charge in [-0.05, 0) is 36.4 Å². The molecule has 0 fully saturated rings. The number of fused-ring (bicyclic) bond motifs is 1. The van der Waals surface area contributed by atoms with Crippen LogP contribution in [0.1, 0.15) is 15.4 Å². The van der Waals surface area contributed by atoms with E-state index in [4.69, 9.17) is 14.6 Å². The zero-order chi connectivity index (χ0) is 20.4. The lowest BCUT2D eigenvalue weighted by Crippen LogP contribution is -1.98. The van der Waals surface area contributed by atoms with Gasteiger partial charge in [-0.1, -0.05) is 0 Å². The van der Waals surface area contributed by atoms with E-state index in [1.807, 2.05) is 23.6 Å². The fraction of sp³-hybridized carbons (Fsp3) is 0.0500.